The highest BCUT2D eigenvalue weighted by atomic mass is 16.2. The van der Waals surface area contributed by atoms with Crippen LogP contribution >= 0.6 is 0 Å². The number of carbonyl (C=O) groups is 3. The zero-order chi connectivity index (χ0) is 26.9. The highest BCUT2D eigenvalue weighted by molar-refractivity contribution is 6.03. The van der Waals surface area contributed by atoms with Gasteiger partial charge in [-0.1, -0.05) is 19.8 Å². The van der Waals surface area contributed by atoms with Crippen LogP contribution in [0.1, 0.15) is 95.9 Å². The molecular formula is C29H41N5O3. The molecule has 0 radical (unpaired) electrons. The number of anilines is 2. The van der Waals surface area contributed by atoms with E-state index in [2.05, 4.69) is 27.4 Å². The summed E-state index contributed by atoms with van der Waals surface area (Å²) in [5.74, 6) is 0.669. The number of nitrogens with one attached hydrogen (secondary N) is 2. The number of rotatable bonds is 12. The molecule has 1 aromatic carbocycles. The number of amides is 2. The van der Waals surface area contributed by atoms with Crippen LogP contribution in [-0.2, 0) is 0 Å². The Morgan fingerprint density at radius 2 is 1.97 bits per heavy atom. The molecule has 4 N–H and O–H groups in total. The number of aryl methyl sites for hydroxylation is 1. The standard InChI is InChI=1S/C29H41N5O3/c1-5-6-7-12-31-26-16-24(19(2)14-25(26)28(30)36)29(37)33-20(3)15-22-9-8-13-34(18-22)27-11-10-23(17-32-27)21(4)35/h10-11,14,16-17,20,22,31H,5-9,12-13,15,18H2,1-4H3,(H2,30,36)(H,33,37). The SMILES string of the molecule is CCCCCNc1cc(C(=O)NC(C)CC2CCCN(c3ccc(C(C)=O)cn3)C2)c(C)cc1C(N)=O. The summed E-state index contributed by atoms with van der Waals surface area (Å²) in [7, 11) is 0. The van der Waals surface area contributed by atoms with E-state index >= 15 is 0 Å². The molecule has 1 saturated heterocycles. The van der Waals surface area contributed by atoms with Crippen molar-refractivity contribution < 1.29 is 14.4 Å². The first-order valence-electron chi connectivity index (χ1n) is 13.4. The third kappa shape index (κ3) is 7.78. The number of carbonyl (C=O) groups excluding carboxylic acids is 3. The Kier molecular flexibility index (Phi) is 10.1. The van der Waals surface area contributed by atoms with Gasteiger partial charge in [0.2, 0.25) is 0 Å². The maximum Gasteiger partial charge on any atom is 0.251 e. The number of aromatic nitrogens is 1. The van der Waals surface area contributed by atoms with E-state index in [0.29, 0.717) is 28.3 Å². The molecule has 2 amide bonds. The van der Waals surface area contributed by atoms with Crippen LogP contribution < -0.4 is 21.3 Å². The van der Waals surface area contributed by atoms with E-state index in [4.69, 9.17) is 5.73 Å². The van der Waals surface area contributed by atoms with E-state index in [9.17, 15) is 14.4 Å². The van der Waals surface area contributed by atoms with Gasteiger partial charge >= 0.3 is 0 Å². The van der Waals surface area contributed by atoms with Crippen molar-refractivity contribution in [1.29, 1.82) is 0 Å². The van der Waals surface area contributed by atoms with Crippen LogP contribution in [0.25, 0.3) is 0 Å². The van der Waals surface area contributed by atoms with E-state index in [-0.39, 0.29) is 17.7 Å². The van der Waals surface area contributed by atoms with Crippen LogP contribution in [0.15, 0.2) is 30.5 Å². The Labute approximate surface area is 220 Å². The van der Waals surface area contributed by atoms with Crippen molar-refractivity contribution in [2.75, 3.05) is 29.9 Å². The minimum atomic E-state index is -0.506. The van der Waals surface area contributed by atoms with Crippen LogP contribution in [0.3, 0.4) is 0 Å². The Balaban J connectivity index is 1.62. The molecular weight excluding hydrogens is 466 g/mol. The molecule has 8 nitrogen and oxygen atoms in total. The number of nitrogens with two attached hydrogens (primary N) is 1. The van der Waals surface area contributed by atoms with Gasteiger partial charge in [0, 0.05) is 48.7 Å². The number of piperidine rings is 1. The lowest BCUT2D eigenvalue weighted by Crippen LogP contribution is -2.40. The molecule has 1 fully saturated rings. The van der Waals surface area contributed by atoms with Gasteiger partial charge in [-0.25, -0.2) is 4.98 Å². The van der Waals surface area contributed by atoms with Gasteiger partial charge < -0.3 is 21.3 Å². The fourth-order valence-corrected chi connectivity index (χ4v) is 5.01. The molecule has 3 rings (SSSR count). The number of hydrogen-bond acceptors (Lipinski definition) is 6. The predicted octanol–water partition coefficient (Wildman–Crippen LogP) is 4.72. The minimum absolute atomic E-state index is 0.0123. The van der Waals surface area contributed by atoms with E-state index in [0.717, 1.165) is 69.5 Å². The Morgan fingerprint density at radius 3 is 2.62 bits per heavy atom. The summed E-state index contributed by atoms with van der Waals surface area (Å²) in [5.41, 5.74) is 8.51. The molecule has 2 unspecified atom stereocenters. The summed E-state index contributed by atoms with van der Waals surface area (Å²) in [5, 5.41) is 6.45. The van der Waals surface area contributed by atoms with Gasteiger partial charge in [-0.05, 0) is 82.2 Å². The summed E-state index contributed by atoms with van der Waals surface area (Å²) in [4.78, 5) is 43.5. The van der Waals surface area contributed by atoms with E-state index in [1.807, 2.05) is 26.0 Å². The third-order valence-corrected chi connectivity index (χ3v) is 7.03. The molecule has 1 aliphatic rings. The molecule has 2 atom stereocenters. The van der Waals surface area contributed by atoms with Gasteiger partial charge in [0.05, 0.1) is 5.56 Å². The fraction of sp³-hybridized carbons (Fsp3) is 0.517. The van der Waals surface area contributed by atoms with Crippen LogP contribution in [0.2, 0.25) is 0 Å². The molecule has 200 valence electrons. The van der Waals surface area contributed by atoms with Crippen LogP contribution in [0.5, 0.6) is 0 Å². The number of unbranched alkanes of at least 4 members (excludes halogenated alkanes) is 2. The van der Waals surface area contributed by atoms with Crippen molar-refractivity contribution in [3.05, 3.63) is 52.7 Å². The Bertz CT molecular complexity index is 1100. The molecule has 1 aliphatic heterocycles. The number of ketones is 1. The van der Waals surface area contributed by atoms with Gasteiger partial charge in [-0.2, -0.15) is 0 Å². The van der Waals surface area contributed by atoms with Crippen LogP contribution in [0, 0.1) is 12.8 Å². The fourth-order valence-electron chi connectivity index (χ4n) is 5.01. The van der Waals surface area contributed by atoms with Crippen LogP contribution in [-0.4, -0.2) is 48.3 Å². The van der Waals surface area contributed by atoms with E-state index < -0.39 is 5.91 Å². The number of Topliss-reactive ketones (excluding diaryl/α,β-unsaturated/α-hetero) is 1. The predicted molar refractivity (Wildman–Crippen MR) is 148 cm³/mol. The highest BCUT2D eigenvalue weighted by Gasteiger charge is 2.24. The third-order valence-electron chi connectivity index (χ3n) is 7.03. The normalized spacial score (nSPS) is 16.2. The first-order valence-corrected chi connectivity index (χ1v) is 13.4. The van der Waals surface area contributed by atoms with Gasteiger partial charge in [0.15, 0.2) is 5.78 Å². The largest absolute Gasteiger partial charge is 0.384 e. The summed E-state index contributed by atoms with van der Waals surface area (Å²) in [6.45, 7) is 10.1. The van der Waals surface area contributed by atoms with E-state index in [1.54, 1.807) is 25.3 Å². The monoisotopic (exact) mass is 507 g/mol. The van der Waals surface area contributed by atoms with Crippen molar-refractivity contribution >= 4 is 29.1 Å². The zero-order valence-corrected chi connectivity index (χ0v) is 22.6. The first-order chi connectivity index (χ1) is 17.7. The number of nitrogens with zero attached hydrogens (tertiary/aromatic N) is 2. The lowest BCUT2D eigenvalue weighted by atomic mass is 9.91. The molecule has 0 aliphatic carbocycles. The van der Waals surface area contributed by atoms with Gasteiger partial charge in [0.1, 0.15) is 5.82 Å². The lowest BCUT2D eigenvalue weighted by Gasteiger charge is -2.35. The summed E-state index contributed by atoms with van der Waals surface area (Å²) >= 11 is 0. The second-order valence-electron chi connectivity index (χ2n) is 10.2. The van der Waals surface area contributed by atoms with E-state index in [1.165, 1.54) is 0 Å². The molecule has 1 aromatic heterocycles. The maximum absolute atomic E-state index is 13.2. The summed E-state index contributed by atoms with van der Waals surface area (Å²) in [6.07, 6.45) is 7.83. The smallest absolute Gasteiger partial charge is 0.251 e. The van der Waals surface area contributed by atoms with Crippen LogP contribution in [0.4, 0.5) is 11.5 Å². The second-order valence-corrected chi connectivity index (χ2v) is 10.2. The zero-order valence-electron chi connectivity index (χ0n) is 22.6. The highest BCUT2D eigenvalue weighted by Crippen LogP contribution is 2.26. The van der Waals surface area contributed by atoms with Gasteiger partial charge in [0.25, 0.3) is 11.8 Å². The molecule has 0 spiro atoms. The lowest BCUT2D eigenvalue weighted by molar-refractivity contribution is 0.0930. The number of benzene rings is 1. The van der Waals surface area contributed by atoms with Crippen molar-refractivity contribution in [3.8, 4) is 0 Å². The molecule has 0 saturated carbocycles. The van der Waals surface area contributed by atoms with Crippen molar-refractivity contribution in [3.63, 3.8) is 0 Å². The second kappa shape index (κ2) is 13.2. The maximum atomic E-state index is 13.2. The van der Waals surface area contributed by atoms with Crippen molar-refractivity contribution in [2.45, 2.75) is 72.3 Å². The molecule has 0 bridgehead atoms. The van der Waals surface area contributed by atoms with Gasteiger partial charge in [-0.3, -0.25) is 14.4 Å². The number of primary amides is 1. The topological polar surface area (TPSA) is 117 Å². The Morgan fingerprint density at radius 1 is 1.19 bits per heavy atom. The molecule has 2 aromatic rings. The summed E-state index contributed by atoms with van der Waals surface area (Å²) in [6, 6.07) is 7.18. The average Bonchev–Trinajstić information content (AvgIpc) is 2.87. The Hall–Kier alpha value is -3.42. The summed E-state index contributed by atoms with van der Waals surface area (Å²) < 4.78 is 0. The van der Waals surface area contributed by atoms with Crippen molar-refractivity contribution in [1.82, 2.24) is 10.3 Å². The number of pyridine rings is 1. The van der Waals surface area contributed by atoms with Crippen molar-refractivity contribution in [2.24, 2.45) is 11.7 Å². The first kappa shape index (κ1) is 28.2. The quantitative estimate of drug-likeness (QED) is 0.283. The van der Waals surface area contributed by atoms with Gasteiger partial charge in [-0.15, -0.1) is 0 Å². The number of hydrogen-bond donors (Lipinski definition) is 3. The average molecular weight is 508 g/mol. The molecule has 37 heavy (non-hydrogen) atoms. The molecule has 2 heterocycles. The molecule has 8 heteroatoms. The minimum Gasteiger partial charge on any atom is -0.384 e.